The molecule has 2 nitrogen and oxygen atoms in total. The van der Waals surface area contributed by atoms with Crippen LogP contribution in [0.4, 0.5) is 5.69 Å². The predicted octanol–water partition coefficient (Wildman–Crippen LogP) is 4.12. The Morgan fingerprint density at radius 3 is 2.55 bits per heavy atom. The van der Waals surface area contributed by atoms with Crippen molar-refractivity contribution >= 4 is 21.6 Å². The first kappa shape index (κ1) is 14.4. The number of fused-ring (bicyclic) bond motifs is 2. The van der Waals surface area contributed by atoms with Crippen LogP contribution in [0.3, 0.4) is 0 Å². The van der Waals surface area contributed by atoms with Gasteiger partial charge in [0.05, 0.1) is 0 Å². The van der Waals surface area contributed by atoms with Gasteiger partial charge in [-0.2, -0.15) is 0 Å². The molecule has 1 aromatic carbocycles. The molecule has 2 heterocycles. The van der Waals surface area contributed by atoms with Crippen molar-refractivity contribution in [2.75, 3.05) is 11.9 Å². The van der Waals surface area contributed by atoms with Crippen molar-refractivity contribution in [2.24, 2.45) is 0 Å². The Balaban J connectivity index is 1.93. The van der Waals surface area contributed by atoms with Crippen LogP contribution in [0.15, 0.2) is 22.7 Å². The molecule has 0 spiro atoms. The molecular weight excluding hydrogens is 312 g/mol. The summed E-state index contributed by atoms with van der Waals surface area (Å²) in [6.45, 7) is 2.27. The molecule has 2 aliphatic rings. The van der Waals surface area contributed by atoms with Crippen molar-refractivity contribution in [1.82, 2.24) is 5.32 Å². The second kappa shape index (κ2) is 6.07. The van der Waals surface area contributed by atoms with Crippen LogP contribution in [-0.2, 0) is 6.42 Å². The minimum absolute atomic E-state index is 0.710. The predicted molar refractivity (Wildman–Crippen MR) is 89.5 cm³/mol. The quantitative estimate of drug-likeness (QED) is 0.893. The molecule has 2 bridgehead atoms. The van der Waals surface area contributed by atoms with Crippen molar-refractivity contribution in [3.05, 3.63) is 28.2 Å². The van der Waals surface area contributed by atoms with Crippen molar-refractivity contribution in [2.45, 2.75) is 63.6 Å². The smallest absolute Gasteiger partial charge is 0.0404 e. The summed E-state index contributed by atoms with van der Waals surface area (Å²) < 4.78 is 1.20. The van der Waals surface area contributed by atoms with Crippen LogP contribution in [0.5, 0.6) is 0 Å². The fourth-order valence-electron chi connectivity index (χ4n) is 4.10. The zero-order valence-electron chi connectivity index (χ0n) is 12.5. The fraction of sp³-hybridized carbons (Fsp3) is 0.647. The Kier molecular flexibility index (Phi) is 4.37. The molecule has 0 aromatic heterocycles. The van der Waals surface area contributed by atoms with Crippen molar-refractivity contribution in [3.63, 3.8) is 0 Å². The number of hydrogen-bond donors (Lipinski definition) is 1. The van der Waals surface area contributed by atoms with E-state index in [9.17, 15) is 0 Å². The van der Waals surface area contributed by atoms with Crippen LogP contribution in [0, 0.1) is 0 Å². The van der Waals surface area contributed by atoms with Crippen LogP contribution < -0.4 is 10.2 Å². The highest BCUT2D eigenvalue weighted by Crippen LogP contribution is 2.39. The van der Waals surface area contributed by atoms with E-state index in [4.69, 9.17) is 0 Å². The second-order valence-electron chi connectivity index (χ2n) is 6.23. The van der Waals surface area contributed by atoms with Crippen LogP contribution in [0.1, 0.15) is 44.6 Å². The van der Waals surface area contributed by atoms with E-state index in [1.54, 1.807) is 0 Å². The number of anilines is 1. The lowest BCUT2D eigenvalue weighted by Crippen LogP contribution is -2.56. The highest BCUT2D eigenvalue weighted by molar-refractivity contribution is 9.10. The topological polar surface area (TPSA) is 15.3 Å². The van der Waals surface area contributed by atoms with Gasteiger partial charge in [0, 0.05) is 28.3 Å². The van der Waals surface area contributed by atoms with E-state index in [0.717, 1.165) is 18.5 Å². The molecule has 20 heavy (non-hydrogen) atoms. The second-order valence-corrected chi connectivity index (χ2v) is 7.15. The van der Waals surface area contributed by atoms with Crippen molar-refractivity contribution in [1.29, 1.82) is 0 Å². The van der Waals surface area contributed by atoms with Gasteiger partial charge in [-0.05, 0) is 69.3 Å². The number of piperidine rings is 2. The highest BCUT2D eigenvalue weighted by atomic mass is 79.9. The Bertz CT molecular complexity index is 460. The summed E-state index contributed by atoms with van der Waals surface area (Å²) in [5, 5.41) is 3.51. The maximum Gasteiger partial charge on any atom is 0.0404 e. The average molecular weight is 337 g/mol. The monoisotopic (exact) mass is 336 g/mol. The average Bonchev–Trinajstić information content (AvgIpc) is 2.45. The maximum atomic E-state index is 3.61. The van der Waals surface area contributed by atoms with Gasteiger partial charge in [-0.25, -0.2) is 0 Å². The van der Waals surface area contributed by atoms with Crippen LogP contribution >= 0.6 is 15.9 Å². The number of hydrogen-bond acceptors (Lipinski definition) is 2. The molecule has 110 valence electrons. The summed E-state index contributed by atoms with van der Waals surface area (Å²) in [5.74, 6) is 0. The van der Waals surface area contributed by atoms with Gasteiger partial charge in [-0.1, -0.05) is 22.9 Å². The molecule has 0 aliphatic carbocycles. The van der Waals surface area contributed by atoms with E-state index in [-0.39, 0.29) is 0 Å². The van der Waals surface area contributed by atoms with Gasteiger partial charge in [0.2, 0.25) is 0 Å². The lowest BCUT2D eigenvalue weighted by molar-refractivity contribution is 0.252. The number of rotatable bonds is 3. The Labute approximate surface area is 131 Å². The van der Waals surface area contributed by atoms with E-state index < -0.39 is 0 Å². The van der Waals surface area contributed by atoms with Crippen molar-refractivity contribution in [3.8, 4) is 0 Å². The number of benzene rings is 1. The first-order chi connectivity index (χ1) is 9.72. The molecule has 2 unspecified atom stereocenters. The molecule has 3 heteroatoms. The molecule has 2 aliphatic heterocycles. The molecule has 0 saturated carbocycles. The standard InChI is InChI=1S/C17H25BrN2/c1-3-12-9-13(18)7-8-17(12)20-15-5-4-6-16(20)11-14(10-15)19-2/h7-9,14-16,19H,3-6,10-11H2,1-2H3. The van der Waals surface area contributed by atoms with Gasteiger partial charge in [0.1, 0.15) is 0 Å². The Hall–Kier alpha value is -0.540. The third-order valence-corrected chi connectivity index (χ3v) is 5.58. The zero-order chi connectivity index (χ0) is 14.1. The Morgan fingerprint density at radius 2 is 1.95 bits per heavy atom. The maximum absolute atomic E-state index is 3.61. The summed E-state index contributed by atoms with van der Waals surface area (Å²) in [6, 6.07) is 9.00. The molecule has 2 atom stereocenters. The van der Waals surface area contributed by atoms with E-state index in [1.165, 1.54) is 47.8 Å². The third kappa shape index (κ3) is 2.62. The first-order valence-electron chi connectivity index (χ1n) is 7.97. The number of halogens is 1. The minimum Gasteiger partial charge on any atom is -0.365 e. The lowest BCUT2D eigenvalue weighted by atomic mass is 9.81. The molecule has 2 saturated heterocycles. The third-order valence-electron chi connectivity index (χ3n) is 5.08. The summed E-state index contributed by atoms with van der Waals surface area (Å²) in [4.78, 5) is 2.75. The summed E-state index contributed by atoms with van der Waals surface area (Å²) in [7, 11) is 2.12. The van der Waals surface area contributed by atoms with Crippen LogP contribution in [0.2, 0.25) is 0 Å². The van der Waals surface area contributed by atoms with Gasteiger partial charge >= 0.3 is 0 Å². The lowest BCUT2D eigenvalue weighted by Gasteiger charge is -2.51. The molecular formula is C17H25BrN2. The van der Waals surface area contributed by atoms with Gasteiger partial charge in [0.25, 0.3) is 0 Å². The van der Waals surface area contributed by atoms with E-state index in [1.807, 2.05) is 0 Å². The van der Waals surface area contributed by atoms with Crippen molar-refractivity contribution < 1.29 is 0 Å². The molecule has 3 rings (SSSR count). The summed E-state index contributed by atoms with van der Waals surface area (Å²) in [5.41, 5.74) is 2.97. The Morgan fingerprint density at radius 1 is 1.25 bits per heavy atom. The summed E-state index contributed by atoms with van der Waals surface area (Å²) >= 11 is 3.61. The van der Waals surface area contributed by atoms with E-state index >= 15 is 0 Å². The SMILES string of the molecule is CCc1cc(Br)ccc1N1C2CCCC1CC(NC)C2. The van der Waals surface area contributed by atoms with Crippen LogP contribution in [-0.4, -0.2) is 25.2 Å². The van der Waals surface area contributed by atoms with E-state index in [0.29, 0.717) is 6.04 Å². The highest BCUT2D eigenvalue weighted by Gasteiger charge is 2.38. The van der Waals surface area contributed by atoms with Crippen LogP contribution in [0.25, 0.3) is 0 Å². The number of aryl methyl sites for hydroxylation is 1. The molecule has 0 radical (unpaired) electrons. The number of nitrogens with one attached hydrogen (secondary N) is 1. The van der Waals surface area contributed by atoms with E-state index in [2.05, 4.69) is 58.3 Å². The minimum atomic E-state index is 0.710. The van der Waals surface area contributed by atoms with Gasteiger partial charge in [-0.15, -0.1) is 0 Å². The summed E-state index contributed by atoms with van der Waals surface area (Å²) in [6.07, 6.45) is 7.82. The normalized spacial score (nSPS) is 29.6. The molecule has 1 aromatic rings. The van der Waals surface area contributed by atoms with Gasteiger partial charge in [-0.3, -0.25) is 0 Å². The molecule has 2 fully saturated rings. The zero-order valence-corrected chi connectivity index (χ0v) is 14.1. The fourth-order valence-corrected chi connectivity index (χ4v) is 4.51. The molecule has 1 N–H and O–H groups in total. The largest absolute Gasteiger partial charge is 0.365 e. The number of nitrogens with zero attached hydrogens (tertiary/aromatic N) is 1. The molecule has 0 amide bonds. The first-order valence-corrected chi connectivity index (χ1v) is 8.76. The van der Waals surface area contributed by atoms with Gasteiger partial charge in [0.15, 0.2) is 0 Å². The van der Waals surface area contributed by atoms with Gasteiger partial charge < -0.3 is 10.2 Å².